The summed E-state index contributed by atoms with van der Waals surface area (Å²) in [7, 11) is 0. The van der Waals surface area contributed by atoms with Gasteiger partial charge in [-0.2, -0.15) is 0 Å². The van der Waals surface area contributed by atoms with E-state index in [9.17, 15) is 28.0 Å². The van der Waals surface area contributed by atoms with Gasteiger partial charge in [-0.05, 0) is 54.4 Å². The number of hydrogen-bond donors (Lipinski definition) is 2. The van der Waals surface area contributed by atoms with Crippen LogP contribution in [0.15, 0.2) is 0 Å². The lowest BCUT2D eigenvalue weighted by Gasteiger charge is -2.34. The van der Waals surface area contributed by atoms with E-state index in [0.717, 1.165) is 0 Å². The smallest absolute Gasteiger partial charge is 0.410 e. The van der Waals surface area contributed by atoms with Crippen LogP contribution in [0.1, 0.15) is 54.4 Å². The number of halogens is 2. The Hall–Kier alpha value is -2.66. The summed E-state index contributed by atoms with van der Waals surface area (Å²) in [5.41, 5.74) is -1.26. The molecule has 0 spiro atoms. The Balaban J connectivity index is 0.000000340. The molecule has 0 aliphatic carbocycles. The van der Waals surface area contributed by atoms with Crippen molar-refractivity contribution in [3.8, 4) is 0 Å². The number of ether oxygens (including phenoxy) is 2. The van der Waals surface area contributed by atoms with Gasteiger partial charge in [-0.25, -0.2) is 18.4 Å². The van der Waals surface area contributed by atoms with Crippen LogP contribution in [0.3, 0.4) is 0 Å². The van der Waals surface area contributed by atoms with Crippen molar-refractivity contribution in [1.82, 2.24) is 9.80 Å². The first-order valence-corrected chi connectivity index (χ1v) is 11.1. The van der Waals surface area contributed by atoms with Crippen molar-refractivity contribution in [3.05, 3.63) is 0 Å². The molecule has 2 aliphatic rings. The summed E-state index contributed by atoms with van der Waals surface area (Å²) >= 11 is 0. The normalized spacial score (nSPS) is 25.5. The molecule has 4 atom stereocenters. The van der Waals surface area contributed by atoms with Gasteiger partial charge < -0.3 is 29.5 Å². The Labute approximate surface area is 198 Å². The standard InChI is InChI=1S/2C11H18FNO4/c2*1-11(2,3)17-10(16)13-5-4-7(9(14)15)8(12)6-13/h2*7-8H,4-6H2,1-3H3,(H,14,15)/t2*7-,8-/m10/s1. The van der Waals surface area contributed by atoms with E-state index in [1.165, 1.54) is 9.80 Å². The second kappa shape index (κ2) is 11.7. The van der Waals surface area contributed by atoms with Gasteiger partial charge in [-0.15, -0.1) is 0 Å². The van der Waals surface area contributed by atoms with E-state index in [0.29, 0.717) is 0 Å². The number of amides is 2. The van der Waals surface area contributed by atoms with E-state index in [1.54, 1.807) is 41.5 Å². The molecule has 2 saturated heterocycles. The van der Waals surface area contributed by atoms with Crippen molar-refractivity contribution >= 4 is 24.1 Å². The van der Waals surface area contributed by atoms with Gasteiger partial charge in [0.2, 0.25) is 0 Å². The van der Waals surface area contributed by atoms with Crippen molar-refractivity contribution in [2.75, 3.05) is 26.2 Å². The zero-order valence-corrected chi connectivity index (χ0v) is 20.5. The molecule has 2 amide bonds. The number of carbonyl (C=O) groups is 4. The molecule has 2 N–H and O–H groups in total. The monoisotopic (exact) mass is 494 g/mol. The zero-order chi connectivity index (χ0) is 26.4. The first kappa shape index (κ1) is 29.4. The number of carbonyl (C=O) groups excluding carboxylic acids is 2. The van der Waals surface area contributed by atoms with Crippen LogP contribution < -0.4 is 0 Å². The number of likely N-dealkylation sites (tertiary alicyclic amines) is 2. The predicted molar refractivity (Wildman–Crippen MR) is 117 cm³/mol. The molecule has 2 fully saturated rings. The molecule has 12 heteroatoms. The number of carboxylic acid groups (broad SMARTS) is 2. The molecule has 34 heavy (non-hydrogen) atoms. The third-order valence-corrected chi connectivity index (χ3v) is 5.02. The number of rotatable bonds is 2. The van der Waals surface area contributed by atoms with E-state index in [-0.39, 0.29) is 39.0 Å². The van der Waals surface area contributed by atoms with Crippen LogP contribution in [0.5, 0.6) is 0 Å². The summed E-state index contributed by atoms with van der Waals surface area (Å²) in [4.78, 5) is 47.1. The van der Waals surface area contributed by atoms with Crippen LogP contribution in [0.4, 0.5) is 18.4 Å². The lowest BCUT2D eigenvalue weighted by Crippen LogP contribution is -2.48. The molecule has 10 nitrogen and oxygen atoms in total. The van der Waals surface area contributed by atoms with Gasteiger partial charge in [-0.3, -0.25) is 9.59 Å². The summed E-state index contributed by atoms with van der Waals surface area (Å²) < 4.78 is 37.2. The number of carboxylic acids is 2. The van der Waals surface area contributed by atoms with Crippen LogP contribution in [0, 0.1) is 11.8 Å². The minimum atomic E-state index is -1.53. The van der Waals surface area contributed by atoms with Gasteiger partial charge in [0.1, 0.15) is 23.5 Å². The van der Waals surface area contributed by atoms with Crippen molar-refractivity contribution in [2.24, 2.45) is 11.8 Å². The first-order chi connectivity index (χ1) is 15.4. The SMILES string of the molecule is CC(C)(C)OC(=O)N1CC[C@@H](C(=O)O)[C@H](F)C1.CC(C)(C)OC(=O)N1CC[C@H](C(=O)O)[C@@H](F)C1. The van der Waals surface area contributed by atoms with Gasteiger partial charge in [0, 0.05) is 13.1 Å². The third-order valence-electron chi connectivity index (χ3n) is 5.02. The molecule has 2 aliphatic heterocycles. The van der Waals surface area contributed by atoms with Crippen molar-refractivity contribution in [2.45, 2.75) is 77.9 Å². The topological polar surface area (TPSA) is 134 Å². The average molecular weight is 495 g/mol. The maximum atomic E-state index is 13.5. The van der Waals surface area contributed by atoms with E-state index in [1.807, 2.05) is 0 Å². The molecule has 0 bridgehead atoms. The molecule has 2 heterocycles. The van der Waals surface area contributed by atoms with E-state index >= 15 is 0 Å². The largest absolute Gasteiger partial charge is 0.481 e. The molecular weight excluding hydrogens is 458 g/mol. The Morgan fingerprint density at radius 2 is 1.00 bits per heavy atom. The maximum absolute atomic E-state index is 13.5. The van der Waals surface area contributed by atoms with Crippen LogP contribution in [0.2, 0.25) is 0 Å². The zero-order valence-electron chi connectivity index (χ0n) is 20.5. The Morgan fingerprint density at radius 1 is 0.706 bits per heavy atom. The summed E-state index contributed by atoms with van der Waals surface area (Å²) in [5.74, 6) is -4.34. The van der Waals surface area contributed by atoms with Gasteiger partial charge in [0.15, 0.2) is 0 Å². The fourth-order valence-electron chi connectivity index (χ4n) is 3.35. The minimum Gasteiger partial charge on any atom is -0.481 e. The van der Waals surface area contributed by atoms with E-state index < -0.39 is 59.5 Å². The van der Waals surface area contributed by atoms with E-state index in [2.05, 4.69) is 0 Å². The predicted octanol–water partition coefficient (Wildman–Crippen LogP) is 3.33. The minimum absolute atomic E-state index is 0.121. The molecular formula is C22H36F2N2O8. The summed E-state index contributed by atoms with van der Waals surface area (Å²) in [6.07, 6.45) is -4.01. The van der Waals surface area contributed by atoms with Gasteiger partial charge in [-0.1, -0.05) is 0 Å². The van der Waals surface area contributed by atoms with Crippen LogP contribution in [0.25, 0.3) is 0 Å². The van der Waals surface area contributed by atoms with Crippen molar-refractivity contribution < 1.29 is 47.6 Å². The number of nitrogens with zero attached hydrogens (tertiary/aromatic N) is 2. The van der Waals surface area contributed by atoms with Crippen LogP contribution in [-0.2, 0) is 19.1 Å². The van der Waals surface area contributed by atoms with Gasteiger partial charge >= 0.3 is 24.1 Å². The quantitative estimate of drug-likeness (QED) is 0.597. The Kier molecular flexibility index (Phi) is 10.1. The van der Waals surface area contributed by atoms with Crippen molar-refractivity contribution in [3.63, 3.8) is 0 Å². The van der Waals surface area contributed by atoms with Crippen LogP contribution >= 0.6 is 0 Å². The van der Waals surface area contributed by atoms with Gasteiger partial charge in [0.05, 0.1) is 24.9 Å². The molecule has 0 unspecified atom stereocenters. The highest BCUT2D eigenvalue weighted by atomic mass is 19.1. The lowest BCUT2D eigenvalue weighted by atomic mass is 9.95. The van der Waals surface area contributed by atoms with E-state index in [4.69, 9.17) is 19.7 Å². The maximum Gasteiger partial charge on any atom is 0.410 e. The second-order valence-corrected chi connectivity index (χ2v) is 10.4. The lowest BCUT2D eigenvalue weighted by molar-refractivity contribution is -0.147. The molecule has 0 saturated carbocycles. The highest BCUT2D eigenvalue weighted by Gasteiger charge is 2.38. The molecule has 2 rings (SSSR count). The second-order valence-electron chi connectivity index (χ2n) is 10.4. The Morgan fingerprint density at radius 3 is 1.21 bits per heavy atom. The Bertz CT molecular complexity index is 688. The van der Waals surface area contributed by atoms with Crippen molar-refractivity contribution in [1.29, 1.82) is 0 Å². The molecule has 0 aromatic carbocycles. The molecule has 0 aromatic rings. The molecule has 196 valence electrons. The summed E-state index contributed by atoms with van der Waals surface area (Å²) in [6, 6.07) is 0. The number of hydrogen-bond acceptors (Lipinski definition) is 6. The summed E-state index contributed by atoms with van der Waals surface area (Å²) in [5, 5.41) is 17.5. The highest BCUT2D eigenvalue weighted by molar-refractivity contribution is 5.73. The van der Waals surface area contributed by atoms with Gasteiger partial charge in [0.25, 0.3) is 0 Å². The number of aliphatic carboxylic acids is 2. The third kappa shape index (κ3) is 9.68. The van der Waals surface area contributed by atoms with Crippen LogP contribution in [-0.4, -0.2) is 93.9 Å². The molecule has 0 radical (unpaired) electrons. The number of piperidine rings is 2. The first-order valence-electron chi connectivity index (χ1n) is 11.1. The fraction of sp³-hybridized carbons (Fsp3) is 0.818. The average Bonchev–Trinajstić information content (AvgIpc) is 2.65. The molecule has 0 aromatic heterocycles. The number of alkyl halides is 2. The fourth-order valence-corrected chi connectivity index (χ4v) is 3.35. The highest BCUT2D eigenvalue weighted by Crippen LogP contribution is 2.23. The summed E-state index contributed by atoms with van der Waals surface area (Å²) in [6.45, 7) is 10.3.